The molecule has 1 rings (SSSR count). The molecule has 1 aromatic carbocycles. The average Bonchev–Trinajstić information content (AvgIpc) is 2.50. The van der Waals surface area contributed by atoms with Gasteiger partial charge in [-0.15, -0.1) is 0 Å². The first-order chi connectivity index (χ1) is 10.2. The third-order valence-electron chi connectivity index (χ3n) is 3.85. The van der Waals surface area contributed by atoms with Gasteiger partial charge in [0, 0.05) is 6.04 Å². The highest BCUT2D eigenvalue weighted by atomic mass is 16.5. The van der Waals surface area contributed by atoms with Crippen molar-refractivity contribution in [2.75, 3.05) is 13.2 Å². The largest absolute Gasteiger partial charge is 0.493 e. The molecule has 0 spiro atoms. The van der Waals surface area contributed by atoms with E-state index in [4.69, 9.17) is 4.74 Å². The van der Waals surface area contributed by atoms with Gasteiger partial charge in [-0.05, 0) is 62.8 Å². The molecule has 0 aliphatic carbocycles. The fourth-order valence-corrected chi connectivity index (χ4v) is 2.44. The van der Waals surface area contributed by atoms with E-state index in [2.05, 4.69) is 57.3 Å². The summed E-state index contributed by atoms with van der Waals surface area (Å²) in [4.78, 5) is 0. The van der Waals surface area contributed by atoms with Crippen LogP contribution in [0.1, 0.15) is 58.9 Å². The second kappa shape index (κ2) is 10.7. The number of benzene rings is 1. The summed E-state index contributed by atoms with van der Waals surface area (Å²) in [5.74, 6) is 1.64. The molecule has 0 amide bonds. The molecular weight excluding hydrogens is 258 g/mol. The molecule has 120 valence electrons. The van der Waals surface area contributed by atoms with Crippen LogP contribution in [0.25, 0.3) is 0 Å². The van der Waals surface area contributed by atoms with Gasteiger partial charge in [0.2, 0.25) is 0 Å². The Morgan fingerprint density at radius 2 is 1.71 bits per heavy atom. The van der Waals surface area contributed by atoms with Gasteiger partial charge in [0.15, 0.2) is 0 Å². The van der Waals surface area contributed by atoms with Gasteiger partial charge in [0.05, 0.1) is 6.61 Å². The normalized spacial score (nSPS) is 13.9. The first-order valence-corrected chi connectivity index (χ1v) is 8.60. The number of hydrogen-bond donors (Lipinski definition) is 1. The molecule has 0 aromatic heterocycles. The topological polar surface area (TPSA) is 21.3 Å². The first-order valence-electron chi connectivity index (χ1n) is 8.60. The van der Waals surface area contributed by atoms with Gasteiger partial charge >= 0.3 is 0 Å². The van der Waals surface area contributed by atoms with Crippen LogP contribution in [0.4, 0.5) is 0 Å². The summed E-state index contributed by atoms with van der Waals surface area (Å²) in [5.41, 5.74) is 1.40. The van der Waals surface area contributed by atoms with E-state index in [0.29, 0.717) is 12.0 Å². The van der Waals surface area contributed by atoms with Crippen molar-refractivity contribution in [2.45, 2.75) is 65.8 Å². The van der Waals surface area contributed by atoms with Crippen LogP contribution in [0.3, 0.4) is 0 Å². The number of rotatable bonds is 11. The third kappa shape index (κ3) is 8.11. The standard InChI is InChI=1S/C19H33NO/c1-5-7-16(3)15-21-19-12-10-18(11-13-19)9-8-17(4)20-14-6-2/h10-13,16-17,20H,5-9,14-15H2,1-4H3. The summed E-state index contributed by atoms with van der Waals surface area (Å²) in [6, 6.07) is 9.21. The SMILES string of the molecule is CCCNC(C)CCc1ccc(OCC(C)CCC)cc1. The zero-order valence-electron chi connectivity index (χ0n) is 14.3. The molecular formula is C19H33NO. The summed E-state index contributed by atoms with van der Waals surface area (Å²) in [6.45, 7) is 10.9. The lowest BCUT2D eigenvalue weighted by Gasteiger charge is -2.14. The Bertz CT molecular complexity index is 360. The summed E-state index contributed by atoms with van der Waals surface area (Å²) in [5, 5.41) is 3.53. The molecule has 2 heteroatoms. The molecule has 2 atom stereocenters. The van der Waals surface area contributed by atoms with Gasteiger partial charge in [0.25, 0.3) is 0 Å². The Morgan fingerprint density at radius 1 is 1.00 bits per heavy atom. The molecule has 0 aliphatic rings. The van der Waals surface area contributed by atoms with Gasteiger partial charge in [0.1, 0.15) is 5.75 Å². The number of hydrogen-bond acceptors (Lipinski definition) is 2. The van der Waals surface area contributed by atoms with E-state index in [-0.39, 0.29) is 0 Å². The molecule has 0 aliphatic heterocycles. The van der Waals surface area contributed by atoms with Crippen LogP contribution in [-0.2, 0) is 6.42 Å². The second-order valence-corrected chi connectivity index (χ2v) is 6.24. The highest BCUT2D eigenvalue weighted by Crippen LogP contribution is 2.16. The van der Waals surface area contributed by atoms with Gasteiger partial charge < -0.3 is 10.1 Å². The van der Waals surface area contributed by atoms with Crippen molar-refractivity contribution >= 4 is 0 Å². The molecule has 2 unspecified atom stereocenters. The van der Waals surface area contributed by atoms with E-state index >= 15 is 0 Å². The summed E-state index contributed by atoms with van der Waals surface area (Å²) in [6.07, 6.45) is 5.99. The first kappa shape index (κ1) is 18.0. The summed E-state index contributed by atoms with van der Waals surface area (Å²) >= 11 is 0. The van der Waals surface area contributed by atoms with Gasteiger partial charge in [-0.3, -0.25) is 0 Å². The van der Waals surface area contributed by atoms with Crippen molar-refractivity contribution in [1.29, 1.82) is 0 Å². The van der Waals surface area contributed by atoms with E-state index in [1.54, 1.807) is 0 Å². The average molecular weight is 291 g/mol. The molecule has 0 saturated carbocycles. The van der Waals surface area contributed by atoms with Crippen molar-refractivity contribution in [3.05, 3.63) is 29.8 Å². The number of ether oxygens (including phenoxy) is 1. The smallest absolute Gasteiger partial charge is 0.119 e. The van der Waals surface area contributed by atoms with E-state index in [9.17, 15) is 0 Å². The van der Waals surface area contributed by atoms with Crippen LogP contribution >= 0.6 is 0 Å². The lowest BCUT2D eigenvalue weighted by atomic mass is 10.1. The highest BCUT2D eigenvalue weighted by molar-refractivity contribution is 5.27. The monoisotopic (exact) mass is 291 g/mol. The zero-order valence-corrected chi connectivity index (χ0v) is 14.3. The third-order valence-corrected chi connectivity index (χ3v) is 3.85. The van der Waals surface area contributed by atoms with E-state index in [0.717, 1.165) is 25.3 Å². The predicted molar refractivity (Wildman–Crippen MR) is 92.1 cm³/mol. The maximum atomic E-state index is 5.84. The Balaban J connectivity index is 2.29. The minimum absolute atomic E-state index is 0.593. The Morgan fingerprint density at radius 3 is 2.33 bits per heavy atom. The van der Waals surface area contributed by atoms with Crippen LogP contribution in [0, 0.1) is 5.92 Å². The van der Waals surface area contributed by atoms with Crippen LogP contribution in [0.2, 0.25) is 0 Å². The predicted octanol–water partition coefficient (Wildman–Crippen LogP) is 4.82. The molecule has 0 radical (unpaired) electrons. The second-order valence-electron chi connectivity index (χ2n) is 6.24. The number of nitrogens with one attached hydrogen (secondary N) is 1. The van der Waals surface area contributed by atoms with E-state index in [1.165, 1.54) is 31.2 Å². The van der Waals surface area contributed by atoms with Crippen molar-refractivity contribution in [3.63, 3.8) is 0 Å². The molecule has 1 N–H and O–H groups in total. The zero-order chi connectivity index (χ0) is 15.5. The van der Waals surface area contributed by atoms with Gasteiger partial charge in [-0.25, -0.2) is 0 Å². The van der Waals surface area contributed by atoms with Gasteiger partial charge in [-0.2, -0.15) is 0 Å². The highest BCUT2D eigenvalue weighted by Gasteiger charge is 2.04. The number of aryl methyl sites for hydroxylation is 1. The molecule has 0 bridgehead atoms. The lowest BCUT2D eigenvalue weighted by molar-refractivity contribution is 0.251. The minimum Gasteiger partial charge on any atom is -0.493 e. The molecule has 0 heterocycles. The van der Waals surface area contributed by atoms with Gasteiger partial charge in [-0.1, -0.05) is 39.3 Å². The fourth-order valence-electron chi connectivity index (χ4n) is 2.44. The maximum absolute atomic E-state index is 5.84. The maximum Gasteiger partial charge on any atom is 0.119 e. The summed E-state index contributed by atoms with van der Waals surface area (Å²) in [7, 11) is 0. The lowest BCUT2D eigenvalue weighted by Crippen LogP contribution is -2.27. The molecule has 21 heavy (non-hydrogen) atoms. The van der Waals surface area contributed by atoms with Crippen LogP contribution in [0.15, 0.2) is 24.3 Å². The quantitative estimate of drug-likeness (QED) is 0.631. The summed E-state index contributed by atoms with van der Waals surface area (Å²) < 4.78 is 5.84. The fraction of sp³-hybridized carbons (Fsp3) is 0.684. The van der Waals surface area contributed by atoms with Crippen molar-refractivity contribution < 1.29 is 4.74 Å². The Labute approximate surface area is 131 Å². The molecule has 0 fully saturated rings. The van der Waals surface area contributed by atoms with Crippen LogP contribution < -0.4 is 10.1 Å². The van der Waals surface area contributed by atoms with Crippen LogP contribution in [0.5, 0.6) is 5.75 Å². The molecule has 1 aromatic rings. The van der Waals surface area contributed by atoms with E-state index in [1.807, 2.05) is 0 Å². The van der Waals surface area contributed by atoms with Crippen molar-refractivity contribution in [3.8, 4) is 5.75 Å². The van der Waals surface area contributed by atoms with Crippen molar-refractivity contribution in [2.24, 2.45) is 5.92 Å². The molecule has 0 saturated heterocycles. The minimum atomic E-state index is 0.593. The Hall–Kier alpha value is -1.02. The van der Waals surface area contributed by atoms with Crippen molar-refractivity contribution in [1.82, 2.24) is 5.32 Å². The molecule has 2 nitrogen and oxygen atoms in total. The Kier molecular flexibility index (Phi) is 9.16. The van der Waals surface area contributed by atoms with E-state index < -0.39 is 0 Å². The van der Waals surface area contributed by atoms with Crippen LogP contribution in [-0.4, -0.2) is 19.2 Å².